The number of hydrogen-bond acceptors (Lipinski definition) is 5. The summed E-state index contributed by atoms with van der Waals surface area (Å²) >= 11 is 0. The highest BCUT2D eigenvalue weighted by Gasteiger charge is 2.03. The number of para-hydroxylation sites is 2. The van der Waals surface area contributed by atoms with Crippen LogP contribution in [0.5, 0.6) is 0 Å². The summed E-state index contributed by atoms with van der Waals surface area (Å²) in [5.74, 6) is 0.992. The second-order valence-electron chi connectivity index (χ2n) is 5.13. The molecule has 4 rings (SSSR count). The van der Waals surface area contributed by atoms with E-state index in [0.29, 0.717) is 0 Å². The molecule has 0 radical (unpaired) electrons. The van der Waals surface area contributed by atoms with Gasteiger partial charge in [0.25, 0.3) is 0 Å². The number of aromatic nitrogens is 4. The first-order chi connectivity index (χ1) is 11.3. The van der Waals surface area contributed by atoms with Crippen LogP contribution in [0, 0.1) is 0 Å². The molecule has 0 spiro atoms. The number of imidazole rings is 1. The van der Waals surface area contributed by atoms with Gasteiger partial charge in [-0.1, -0.05) is 24.3 Å². The maximum atomic E-state index is 5.50. The van der Waals surface area contributed by atoms with Gasteiger partial charge in [0.1, 0.15) is 0 Å². The van der Waals surface area contributed by atoms with Crippen molar-refractivity contribution in [3.63, 3.8) is 0 Å². The number of hydrogen-bond donors (Lipinski definition) is 3. The first-order valence-electron chi connectivity index (χ1n) is 7.18. The number of nitrogens with two attached hydrogens (primary N) is 1. The van der Waals surface area contributed by atoms with E-state index in [1.54, 1.807) is 12.4 Å². The highest BCUT2D eigenvalue weighted by Crippen LogP contribution is 2.22. The van der Waals surface area contributed by atoms with Crippen molar-refractivity contribution in [2.45, 2.75) is 0 Å². The van der Waals surface area contributed by atoms with Crippen molar-refractivity contribution in [1.29, 1.82) is 0 Å². The first-order valence-corrected chi connectivity index (χ1v) is 7.18. The number of aromatic amines is 1. The lowest BCUT2D eigenvalue weighted by Crippen LogP contribution is -1.94. The molecule has 6 nitrogen and oxygen atoms in total. The highest BCUT2D eigenvalue weighted by molar-refractivity contribution is 5.78. The number of nitrogens with zero attached hydrogens (tertiary/aromatic N) is 3. The van der Waals surface area contributed by atoms with Gasteiger partial charge in [0.05, 0.1) is 11.0 Å². The zero-order valence-corrected chi connectivity index (χ0v) is 12.2. The van der Waals surface area contributed by atoms with Crippen LogP contribution in [0.4, 0.5) is 17.6 Å². The fraction of sp³-hybridized carbons (Fsp3) is 0. The minimum absolute atomic E-state index is 0.275. The molecule has 0 aliphatic rings. The summed E-state index contributed by atoms with van der Waals surface area (Å²) in [7, 11) is 0. The third kappa shape index (κ3) is 2.69. The van der Waals surface area contributed by atoms with Gasteiger partial charge in [-0.15, -0.1) is 0 Å². The Hall–Kier alpha value is -3.41. The fourth-order valence-electron chi connectivity index (χ4n) is 2.38. The monoisotopic (exact) mass is 302 g/mol. The summed E-state index contributed by atoms with van der Waals surface area (Å²) in [6.45, 7) is 0. The summed E-state index contributed by atoms with van der Waals surface area (Å²) in [5, 5.41) is 3.26. The molecule has 4 N–H and O–H groups in total. The molecule has 6 heteroatoms. The normalized spacial score (nSPS) is 10.8. The molecule has 2 aromatic carbocycles. The number of benzene rings is 2. The topological polar surface area (TPSA) is 92.5 Å². The molecule has 2 heterocycles. The molecule has 2 aromatic heterocycles. The lowest BCUT2D eigenvalue weighted by atomic mass is 10.1. The number of fused-ring (bicyclic) bond motifs is 1. The van der Waals surface area contributed by atoms with Crippen molar-refractivity contribution in [3.05, 3.63) is 60.9 Å². The second-order valence-corrected chi connectivity index (χ2v) is 5.13. The number of nitrogens with one attached hydrogen (secondary N) is 2. The van der Waals surface area contributed by atoms with Crippen molar-refractivity contribution >= 4 is 28.6 Å². The van der Waals surface area contributed by atoms with Gasteiger partial charge in [0.2, 0.25) is 11.9 Å². The van der Waals surface area contributed by atoms with Crippen LogP contribution in [0.3, 0.4) is 0 Å². The minimum Gasteiger partial charge on any atom is -0.368 e. The van der Waals surface area contributed by atoms with Gasteiger partial charge >= 0.3 is 0 Å². The molecule has 0 bridgehead atoms. The zero-order valence-electron chi connectivity index (χ0n) is 12.2. The molecule has 0 fully saturated rings. The van der Waals surface area contributed by atoms with Gasteiger partial charge in [-0.05, 0) is 29.8 Å². The van der Waals surface area contributed by atoms with Crippen molar-refractivity contribution in [1.82, 2.24) is 19.9 Å². The average Bonchev–Trinajstić information content (AvgIpc) is 2.98. The number of anilines is 3. The van der Waals surface area contributed by atoms with Crippen LogP contribution in [-0.2, 0) is 0 Å². The lowest BCUT2D eigenvalue weighted by molar-refractivity contribution is 1.19. The predicted molar refractivity (Wildman–Crippen MR) is 91.3 cm³/mol. The summed E-state index contributed by atoms with van der Waals surface area (Å²) in [6.07, 6.45) is 3.42. The molecule has 23 heavy (non-hydrogen) atoms. The Morgan fingerprint density at radius 1 is 0.870 bits per heavy atom. The van der Waals surface area contributed by atoms with Crippen LogP contribution in [0.25, 0.3) is 22.2 Å². The molecular weight excluding hydrogens is 288 g/mol. The SMILES string of the molecule is Nc1ncc(-c2ccc(Nc3nc4ccccc4[nH]3)cc2)cn1. The van der Waals surface area contributed by atoms with E-state index in [-0.39, 0.29) is 5.95 Å². The van der Waals surface area contributed by atoms with E-state index >= 15 is 0 Å². The second kappa shape index (κ2) is 5.42. The first kappa shape index (κ1) is 13.3. The van der Waals surface area contributed by atoms with Crippen LogP contribution in [0.1, 0.15) is 0 Å². The molecule has 0 saturated heterocycles. The summed E-state index contributed by atoms with van der Waals surface area (Å²) < 4.78 is 0. The van der Waals surface area contributed by atoms with Crippen molar-refractivity contribution < 1.29 is 0 Å². The van der Waals surface area contributed by atoms with Gasteiger partial charge in [0.15, 0.2) is 0 Å². The smallest absolute Gasteiger partial charge is 0.219 e. The summed E-state index contributed by atoms with van der Waals surface area (Å²) in [6, 6.07) is 15.9. The molecule has 0 amide bonds. The minimum atomic E-state index is 0.275. The summed E-state index contributed by atoms with van der Waals surface area (Å²) in [4.78, 5) is 15.8. The number of rotatable bonds is 3. The Morgan fingerprint density at radius 3 is 2.35 bits per heavy atom. The van der Waals surface area contributed by atoms with Gasteiger partial charge in [0, 0.05) is 23.6 Å². The van der Waals surface area contributed by atoms with Crippen molar-refractivity contribution in [3.8, 4) is 11.1 Å². The van der Waals surface area contributed by atoms with Gasteiger partial charge in [-0.3, -0.25) is 0 Å². The molecule has 0 unspecified atom stereocenters. The van der Waals surface area contributed by atoms with Gasteiger partial charge < -0.3 is 16.0 Å². The molecule has 0 atom stereocenters. The third-order valence-electron chi connectivity index (χ3n) is 3.54. The Balaban J connectivity index is 1.57. The van der Waals surface area contributed by atoms with Crippen molar-refractivity contribution in [2.75, 3.05) is 11.1 Å². The third-order valence-corrected chi connectivity index (χ3v) is 3.54. The molecule has 0 aliphatic carbocycles. The van der Waals surface area contributed by atoms with Gasteiger partial charge in [-0.2, -0.15) is 0 Å². The molecule has 112 valence electrons. The van der Waals surface area contributed by atoms with E-state index in [0.717, 1.165) is 33.8 Å². The van der Waals surface area contributed by atoms with E-state index in [9.17, 15) is 0 Å². The maximum absolute atomic E-state index is 5.50. The van der Waals surface area contributed by atoms with E-state index in [1.807, 2.05) is 48.5 Å². The standard InChI is InChI=1S/C17H14N6/c18-16-19-9-12(10-20-16)11-5-7-13(8-6-11)21-17-22-14-3-1-2-4-15(14)23-17/h1-10H,(H2,18,19,20)(H2,21,22,23). The van der Waals surface area contributed by atoms with Crippen LogP contribution in [0.15, 0.2) is 60.9 Å². The van der Waals surface area contributed by atoms with Crippen LogP contribution in [0.2, 0.25) is 0 Å². The Kier molecular flexibility index (Phi) is 3.12. The molecule has 0 saturated carbocycles. The highest BCUT2D eigenvalue weighted by atomic mass is 15.1. The van der Waals surface area contributed by atoms with Gasteiger partial charge in [-0.25, -0.2) is 15.0 Å². The predicted octanol–water partition coefficient (Wildman–Crippen LogP) is 3.35. The maximum Gasteiger partial charge on any atom is 0.219 e. The van der Waals surface area contributed by atoms with E-state index in [2.05, 4.69) is 25.3 Å². The lowest BCUT2D eigenvalue weighted by Gasteiger charge is -2.05. The van der Waals surface area contributed by atoms with Crippen LogP contribution in [-0.4, -0.2) is 19.9 Å². The van der Waals surface area contributed by atoms with Crippen LogP contribution < -0.4 is 11.1 Å². The summed E-state index contributed by atoms with van der Waals surface area (Å²) in [5.41, 5.74) is 10.3. The molecular formula is C17H14N6. The Bertz CT molecular complexity index is 908. The fourth-order valence-corrected chi connectivity index (χ4v) is 2.38. The van der Waals surface area contributed by atoms with Crippen molar-refractivity contribution in [2.24, 2.45) is 0 Å². The Morgan fingerprint density at radius 2 is 1.61 bits per heavy atom. The van der Waals surface area contributed by atoms with Crippen LogP contribution >= 0.6 is 0 Å². The molecule has 0 aliphatic heterocycles. The van der Waals surface area contributed by atoms with E-state index in [4.69, 9.17) is 5.73 Å². The molecule has 4 aromatic rings. The zero-order chi connectivity index (χ0) is 15.6. The van der Waals surface area contributed by atoms with E-state index in [1.165, 1.54) is 0 Å². The Labute approximate surface area is 132 Å². The van der Waals surface area contributed by atoms with E-state index < -0.39 is 0 Å². The number of H-pyrrole nitrogens is 1. The number of nitrogen functional groups attached to an aromatic ring is 1. The largest absolute Gasteiger partial charge is 0.368 e. The quantitative estimate of drug-likeness (QED) is 0.539. The average molecular weight is 302 g/mol.